The van der Waals surface area contributed by atoms with E-state index in [1.807, 2.05) is 12.1 Å². The summed E-state index contributed by atoms with van der Waals surface area (Å²) in [6.07, 6.45) is 2.88. The maximum atomic E-state index is 12.8. The van der Waals surface area contributed by atoms with Crippen LogP contribution in [0.3, 0.4) is 0 Å². The molecular weight excluding hydrogens is 523 g/mol. The van der Waals surface area contributed by atoms with E-state index in [1.165, 1.54) is 23.7 Å². The fraction of sp³-hybridized carbons (Fsp3) is 0.167. The largest absolute Gasteiger partial charge is 0.424 e. The van der Waals surface area contributed by atoms with E-state index in [9.17, 15) is 22.8 Å². The molecule has 1 aliphatic heterocycles. The normalized spacial score (nSPS) is 13.4. The number of anilines is 3. The number of nitrogens with one attached hydrogen (secondary N) is 2. The van der Waals surface area contributed by atoms with Crippen LogP contribution in [0.5, 0.6) is 11.8 Å². The fourth-order valence-electron chi connectivity index (χ4n) is 3.56. The van der Waals surface area contributed by atoms with Crippen LogP contribution in [0.1, 0.15) is 18.4 Å². The van der Waals surface area contributed by atoms with Crippen molar-refractivity contribution in [3.63, 3.8) is 0 Å². The molecule has 1 aliphatic rings. The topological polar surface area (TPSA) is 122 Å². The van der Waals surface area contributed by atoms with E-state index in [-0.39, 0.29) is 23.3 Å². The van der Waals surface area contributed by atoms with Gasteiger partial charge in [0.2, 0.25) is 5.91 Å². The van der Waals surface area contributed by atoms with E-state index in [0.717, 1.165) is 29.1 Å². The van der Waals surface area contributed by atoms with Gasteiger partial charge < -0.3 is 15.4 Å². The smallest absolute Gasteiger partial charge is 0.417 e. The highest BCUT2D eigenvalue weighted by Crippen LogP contribution is 2.34. The number of hydrogen-bond acceptors (Lipinski definition) is 8. The summed E-state index contributed by atoms with van der Waals surface area (Å²) in [4.78, 5) is 42.6. The second-order valence-electron chi connectivity index (χ2n) is 8.08. The van der Waals surface area contributed by atoms with Gasteiger partial charge in [-0.15, -0.1) is 0 Å². The molecule has 0 aliphatic carbocycles. The number of halogens is 3. The predicted octanol–water partition coefficient (Wildman–Crippen LogP) is 5.58. The summed E-state index contributed by atoms with van der Waals surface area (Å²) in [5.74, 6) is 0.563. The summed E-state index contributed by atoms with van der Waals surface area (Å²) < 4.78 is 44.0. The lowest BCUT2D eigenvalue weighted by atomic mass is 10.2. The molecule has 0 atom stereocenters. The van der Waals surface area contributed by atoms with Crippen LogP contribution < -0.4 is 20.3 Å². The van der Waals surface area contributed by atoms with Crippen molar-refractivity contribution >= 4 is 39.8 Å². The molecule has 1 fully saturated rings. The SMILES string of the molecule is O=C(Nc1cnc(Oc2ccc(-c3cnc(N4CCCC4=O)s3)cc2)nc1)Nc1cncc(C(F)(F)F)c1. The number of amides is 3. The molecule has 5 rings (SSSR count). The maximum Gasteiger partial charge on any atom is 0.417 e. The maximum absolute atomic E-state index is 12.8. The van der Waals surface area contributed by atoms with E-state index in [1.54, 1.807) is 23.2 Å². The summed E-state index contributed by atoms with van der Waals surface area (Å²) in [6, 6.07) is 7.18. The Kier molecular flexibility index (Phi) is 6.87. The predicted molar refractivity (Wildman–Crippen MR) is 133 cm³/mol. The average Bonchev–Trinajstić information content (AvgIpc) is 3.54. The number of urea groups is 1. The van der Waals surface area contributed by atoms with Crippen LogP contribution in [-0.4, -0.2) is 38.4 Å². The van der Waals surface area contributed by atoms with Gasteiger partial charge in [0, 0.05) is 25.4 Å². The number of alkyl halides is 3. The van der Waals surface area contributed by atoms with Crippen LogP contribution in [0.2, 0.25) is 0 Å². The van der Waals surface area contributed by atoms with Gasteiger partial charge in [-0.25, -0.2) is 19.7 Å². The zero-order valence-electron chi connectivity index (χ0n) is 19.4. The van der Waals surface area contributed by atoms with Gasteiger partial charge in [-0.1, -0.05) is 11.3 Å². The molecule has 10 nitrogen and oxygen atoms in total. The minimum atomic E-state index is -4.58. The van der Waals surface area contributed by atoms with Gasteiger partial charge in [0.05, 0.1) is 40.4 Å². The van der Waals surface area contributed by atoms with Crippen molar-refractivity contribution < 1.29 is 27.5 Å². The molecule has 4 aromatic rings. The van der Waals surface area contributed by atoms with E-state index in [2.05, 4.69) is 30.6 Å². The van der Waals surface area contributed by atoms with Gasteiger partial charge in [0.1, 0.15) is 5.75 Å². The average molecular weight is 542 g/mol. The van der Waals surface area contributed by atoms with E-state index >= 15 is 0 Å². The lowest BCUT2D eigenvalue weighted by Gasteiger charge is -2.10. The Labute approximate surface area is 217 Å². The van der Waals surface area contributed by atoms with Crippen molar-refractivity contribution in [1.82, 2.24) is 19.9 Å². The van der Waals surface area contributed by atoms with E-state index in [4.69, 9.17) is 4.74 Å². The minimum absolute atomic E-state index is 0.0263. The van der Waals surface area contributed by atoms with Crippen LogP contribution >= 0.6 is 11.3 Å². The molecule has 0 unspecified atom stereocenters. The number of hydrogen-bond donors (Lipinski definition) is 2. The van der Waals surface area contributed by atoms with Crippen LogP contribution in [0.15, 0.2) is 61.3 Å². The van der Waals surface area contributed by atoms with E-state index in [0.29, 0.717) is 30.0 Å². The van der Waals surface area contributed by atoms with E-state index < -0.39 is 17.8 Å². The molecule has 194 valence electrons. The quantitative estimate of drug-likeness (QED) is 0.327. The monoisotopic (exact) mass is 541 g/mol. The highest BCUT2D eigenvalue weighted by molar-refractivity contribution is 7.19. The van der Waals surface area contributed by atoms with Gasteiger partial charge in [0.15, 0.2) is 5.13 Å². The third-order valence-electron chi connectivity index (χ3n) is 5.36. The summed E-state index contributed by atoms with van der Waals surface area (Å²) in [6.45, 7) is 0.685. The first-order chi connectivity index (χ1) is 18.2. The molecule has 0 radical (unpaired) electrons. The second kappa shape index (κ2) is 10.4. The summed E-state index contributed by atoms with van der Waals surface area (Å²) in [7, 11) is 0. The number of carbonyl (C=O) groups is 2. The number of nitrogens with zero attached hydrogens (tertiary/aromatic N) is 5. The van der Waals surface area contributed by atoms with Crippen molar-refractivity contribution in [3.8, 4) is 22.2 Å². The summed E-state index contributed by atoms with van der Waals surface area (Å²) in [5, 5.41) is 5.38. The summed E-state index contributed by atoms with van der Waals surface area (Å²) in [5.41, 5.74) is 0.00193. The first-order valence-electron chi connectivity index (χ1n) is 11.2. The Hall–Kier alpha value is -4.59. The Morgan fingerprint density at radius 2 is 1.71 bits per heavy atom. The fourth-order valence-corrected chi connectivity index (χ4v) is 4.52. The number of ether oxygens (including phenoxy) is 1. The van der Waals surface area contributed by atoms with Crippen molar-refractivity contribution in [2.75, 3.05) is 22.1 Å². The number of thiazole rings is 1. The first kappa shape index (κ1) is 25.1. The number of benzene rings is 1. The molecule has 1 saturated heterocycles. The molecule has 0 bridgehead atoms. The molecule has 3 amide bonds. The Morgan fingerprint density at radius 1 is 0.974 bits per heavy atom. The summed E-state index contributed by atoms with van der Waals surface area (Å²) >= 11 is 1.44. The van der Waals surface area contributed by atoms with Crippen molar-refractivity contribution in [3.05, 3.63) is 66.9 Å². The third-order valence-corrected chi connectivity index (χ3v) is 6.42. The Bertz CT molecular complexity index is 1460. The van der Waals surface area contributed by atoms with Gasteiger partial charge in [-0.05, 0) is 42.3 Å². The highest BCUT2D eigenvalue weighted by atomic mass is 32.1. The molecule has 14 heteroatoms. The van der Waals surface area contributed by atoms with Gasteiger partial charge in [-0.2, -0.15) is 13.2 Å². The lowest BCUT2D eigenvalue weighted by molar-refractivity contribution is -0.137. The highest BCUT2D eigenvalue weighted by Gasteiger charge is 2.31. The Balaban J connectivity index is 1.16. The molecule has 0 saturated carbocycles. The zero-order valence-corrected chi connectivity index (χ0v) is 20.2. The number of carbonyl (C=O) groups excluding carboxylic acids is 2. The van der Waals surface area contributed by atoms with Gasteiger partial charge in [-0.3, -0.25) is 14.7 Å². The zero-order chi connectivity index (χ0) is 26.7. The van der Waals surface area contributed by atoms with Crippen molar-refractivity contribution in [2.24, 2.45) is 0 Å². The van der Waals surface area contributed by atoms with Crippen molar-refractivity contribution in [1.29, 1.82) is 0 Å². The number of rotatable bonds is 6. The van der Waals surface area contributed by atoms with Crippen LogP contribution in [0.25, 0.3) is 10.4 Å². The van der Waals surface area contributed by atoms with Gasteiger partial charge >= 0.3 is 18.2 Å². The molecule has 2 N–H and O–H groups in total. The third kappa shape index (κ3) is 5.86. The standard InChI is InChI=1S/C24H18F3N7O3S/c25-24(26,27)15-8-16(10-28-9-15)32-21(36)33-17-11-29-22(30-12-17)37-18-5-3-14(4-6-18)19-13-31-23(38-19)34-7-1-2-20(34)35/h3-6,8-13H,1-2,7H2,(H2,32,33,36). The number of pyridine rings is 1. The van der Waals surface area contributed by atoms with Crippen LogP contribution in [0.4, 0.5) is 34.5 Å². The Morgan fingerprint density at radius 3 is 2.39 bits per heavy atom. The van der Waals surface area contributed by atoms with Crippen LogP contribution in [-0.2, 0) is 11.0 Å². The molecule has 0 spiro atoms. The molecule has 3 aromatic heterocycles. The van der Waals surface area contributed by atoms with Gasteiger partial charge in [0.25, 0.3) is 0 Å². The first-order valence-corrected chi connectivity index (χ1v) is 12.0. The lowest BCUT2D eigenvalue weighted by Crippen LogP contribution is -2.23. The second-order valence-corrected chi connectivity index (χ2v) is 9.09. The molecular formula is C24H18F3N7O3S. The number of aromatic nitrogens is 4. The van der Waals surface area contributed by atoms with Crippen LogP contribution in [0, 0.1) is 0 Å². The molecule has 38 heavy (non-hydrogen) atoms. The van der Waals surface area contributed by atoms with Crippen molar-refractivity contribution in [2.45, 2.75) is 19.0 Å². The molecule has 4 heterocycles. The molecule has 1 aromatic carbocycles. The minimum Gasteiger partial charge on any atom is -0.424 e.